The summed E-state index contributed by atoms with van der Waals surface area (Å²) < 4.78 is 27.4. The Balaban J connectivity index is 2.03. The maximum Gasteiger partial charge on any atom is 0.335 e. The number of nitrogens with zero attached hydrogens (tertiary/aromatic N) is 1. The van der Waals surface area contributed by atoms with Crippen LogP contribution in [-0.4, -0.2) is 16.1 Å². The van der Waals surface area contributed by atoms with Gasteiger partial charge in [-0.3, -0.25) is 4.98 Å². The summed E-state index contributed by atoms with van der Waals surface area (Å²) in [5, 5.41) is 12.1. The predicted octanol–water partition coefficient (Wildman–Crippen LogP) is 4.26. The molecule has 4 nitrogen and oxygen atoms in total. The minimum atomic E-state index is -1.15. The van der Waals surface area contributed by atoms with Gasteiger partial charge in [-0.25, -0.2) is 13.6 Å². The van der Waals surface area contributed by atoms with Gasteiger partial charge in [0.25, 0.3) is 0 Å². The van der Waals surface area contributed by atoms with E-state index in [4.69, 9.17) is 5.11 Å². The van der Waals surface area contributed by atoms with Crippen molar-refractivity contribution < 1.29 is 18.7 Å². The van der Waals surface area contributed by atoms with Crippen molar-refractivity contribution in [2.24, 2.45) is 0 Å². The van der Waals surface area contributed by atoms with E-state index in [9.17, 15) is 13.6 Å². The Morgan fingerprint density at radius 2 is 1.60 bits per heavy atom. The standard InChI is InChI=1S/C19H14F2N2O2/c20-15-4-1-12(2-5-15)18(13-7-9-22-10-8-13)23-17-11-14(19(24)25)3-6-16(17)21/h1-11,18,23H,(H,24,25). The van der Waals surface area contributed by atoms with Gasteiger partial charge in [-0.2, -0.15) is 0 Å². The average molecular weight is 340 g/mol. The molecule has 6 heteroatoms. The molecule has 0 saturated heterocycles. The molecule has 0 amide bonds. The van der Waals surface area contributed by atoms with Crippen LogP contribution in [0.1, 0.15) is 27.5 Å². The molecular weight excluding hydrogens is 326 g/mol. The molecule has 1 heterocycles. The fraction of sp³-hybridized carbons (Fsp3) is 0.0526. The van der Waals surface area contributed by atoms with Gasteiger partial charge in [0.05, 0.1) is 17.3 Å². The highest BCUT2D eigenvalue weighted by molar-refractivity contribution is 5.88. The number of rotatable bonds is 5. The first kappa shape index (κ1) is 16.6. The predicted molar refractivity (Wildman–Crippen MR) is 89.5 cm³/mol. The van der Waals surface area contributed by atoms with Gasteiger partial charge in [-0.1, -0.05) is 12.1 Å². The molecule has 0 aliphatic carbocycles. The number of aromatic carboxylic acids is 1. The largest absolute Gasteiger partial charge is 0.478 e. The van der Waals surface area contributed by atoms with Crippen molar-refractivity contribution in [2.45, 2.75) is 6.04 Å². The van der Waals surface area contributed by atoms with Crippen LogP contribution >= 0.6 is 0 Å². The number of carboxylic acid groups (broad SMARTS) is 1. The summed E-state index contributed by atoms with van der Waals surface area (Å²) in [6.07, 6.45) is 3.19. The smallest absolute Gasteiger partial charge is 0.335 e. The maximum atomic E-state index is 14.2. The van der Waals surface area contributed by atoms with E-state index in [1.807, 2.05) is 0 Å². The molecule has 25 heavy (non-hydrogen) atoms. The maximum absolute atomic E-state index is 14.2. The Bertz CT molecular complexity index is 884. The monoisotopic (exact) mass is 340 g/mol. The number of carbonyl (C=O) groups is 1. The molecule has 1 atom stereocenters. The summed E-state index contributed by atoms with van der Waals surface area (Å²) >= 11 is 0. The molecule has 0 fully saturated rings. The minimum Gasteiger partial charge on any atom is -0.478 e. The van der Waals surface area contributed by atoms with E-state index in [0.29, 0.717) is 5.56 Å². The zero-order valence-corrected chi connectivity index (χ0v) is 13.0. The van der Waals surface area contributed by atoms with Gasteiger partial charge in [0.2, 0.25) is 0 Å². The molecule has 0 aliphatic rings. The summed E-state index contributed by atoms with van der Waals surface area (Å²) in [5.74, 6) is -2.10. The lowest BCUT2D eigenvalue weighted by atomic mass is 9.99. The second kappa shape index (κ2) is 7.09. The highest BCUT2D eigenvalue weighted by Crippen LogP contribution is 2.28. The van der Waals surface area contributed by atoms with Crippen LogP contribution in [0.15, 0.2) is 67.0 Å². The molecule has 0 radical (unpaired) electrons. The highest BCUT2D eigenvalue weighted by atomic mass is 19.1. The third-order valence-corrected chi connectivity index (χ3v) is 3.76. The first-order valence-electron chi connectivity index (χ1n) is 7.49. The highest BCUT2D eigenvalue weighted by Gasteiger charge is 2.17. The third-order valence-electron chi connectivity index (χ3n) is 3.76. The Kier molecular flexibility index (Phi) is 4.70. The number of anilines is 1. The van der Waals surface area contributed by atoms with Crippen LogP contribution in [0.25, 0.3) is 0 Å². The molecule has 0 spiro atoms. The number of aromatic nitrogens is 1. The molecule has 2 aromatic carbocycles. The molecule has 1 unspecified atom stereocenters. The van der Waals surface area contributed by atoms with E-state index < -0.39 is 17.8 Å². The van der Waals surface area contributed by atoms with Gasteiger partial charge in [0.15, 0.2) is 0 Å². The van der Waals surface area contributed by atoms with Crippen molar-refractivity contribution in [2.75, 3.05) is 5.32 Å². The third kappa shape index (κ3) is 3.80. The number of hydrogen-bond donors (Lipinski definition) is 2. The molecule has 1 aromatic heterocycles. The summed E-state index contributed by atoms with van der Waals surface area (Å²) in [6.45, 7) is 0. The molecule has 0 saturated carbocycles. The summed E-state index contributed by atoms with van der Waals surface area (Å²) in [7, 11) is 0. The van der Waals surface area contributed by atoms with E-state index >= 15 is 0 Å². The van der Waals surface area contributed by atoms with E-state index in [1.165, 1.54) is 24.3 Å². The second-order valence-electron chi connectivity index (χ2n) is 5.41. The normalized spacial score (nSPS) is 11.8. The van der Waals surface area contributed by atoms with Crippen molar-refractivity contribution in [1.29, 1.82) is 0 Å². The van der Waals surface area contributed by atoms with Crippen LogP contribution in [0, 0.1) is 11.6 Å². The van der Waals surface area contributed by atoms with E-state index in [2.05, 4.69) is 10.3 Å². The number of nitrogens with one attached hydrogen (secondary N) is 1. The van der Waals surface area contributed by atoms with E-state index in [1.54, 1.807) is 36.7 Å². The molecular formula is C19H14F2N2O2. The van der Waals surface area contributed by atoms with E-state index in [0.717, 1.165) is 11.6 Å². The number of carboxylic acids is 1. The lowest BCUT2D eigenvalue weighted by molar-refractivity contribution is 0.0697. The second-order valence-corrected chi connectivity index (χ2v) is 5.41. The number of hydrogen-bond acceptors (Lipinski definition) is 3. The molecule has 3 rings (SSSR count). The minimum absolute atomic E-state index is 0.0310. The van der Waals surface area contributed by atoms with Gasteiger partial charge in [-0.05, 0) is 53.6 Å². The Morgan fingerprint density at radius 3 is 2.24 bits per heavy atom. The zero-order chi connectivity index (χ0) is 17.8. The van der Waals surface area contributed by atoms with Crippen molar-refractivity contribution in [1.82, 2.24) is 4.98 Å². The molecule has 126 valence electrons. The Morgan fingerprint density at radius 1 is 0.960 bits per heavy atom. The number of benzene rings is 2. The van der Waals surface area contributed by atoms with Gasteiger partial charge in [-0.15, -0.1) is 0 Å². The molecule has 3 aromatic rings. The summed E-state index contributed by atoms with van der Waals surface area (Å²) in [4.78, 5) is 15.1. The van der Waals surface area contributed by atoms with Crippen LogP contribution in [-0.2, 0) is 0 Å². The van der Waals surface area contributed by atoms with Crippen molar-refractivity contribution >= 4 is 11.7 Å². The van der Waals surface area contributed by atoms with Crippen LogP contribution in [0.4, 0.5) is 14.5 Å². The van der Waals surface area contributed by atoms with Crippen LogP contribution in [0.5, 0.6) is 0 Å². The van der Waals surface area contributed by atoms with Gasteiger partial charge >= 0.3 is 5.97 Å². The first-order chi connectivity index (χ1) is 12.0. The van der Waals surface area contributed by atoms with Gasteiger partial charge in [0.1, 0.15) is 11.6 Å². The van der Waals surface area contributed by atoms with Crippen molar-refractivity contribution in [3.63, 3.8) is 0 Å². The van der Waals surface area contributed by atoms with Crippen LogP contribution < -0.4 is 5.32 Å². The molecule has 0 bridgehead atoms. The lowest BCUT2D eigenvalue weighted by Crippen LogP contribution is -2.14. The quantitative estimate of drug-likeness (QED) is 0.728. The Labute approximate surface area is 142 Å². The average Bonchev–Trinajstić information content (AvgIpc) is 2.62. The zero-order valence-electron chi connectivity index (χ0n) is 13.0. The SMILES string of the molecule is O=C(O)c1ccc(F)c(NC(c2ccncc2)c2ccc(F)cc2)c1. The van der Waals surface area contributed by atoms with E-state index in [-0.39, 0.29) is 17.1 Å². The Hall–Kier alpha value is -3.28. The summed E-state index contributed by atoms with van der Waals surface area (Å²) in [6, 6.07) is 12.3. The van der Waals surface area contributed by atoms with Crippen LogP contribution in [0.3, 0.4) is 0 Å². The van der Waals surface area contributed by atoms with Crippen molar-refractivity contribution in [3.8, 4) is 0 Å². The van der Waals surface area contributed by atoms with Gasteiger partial charge < -0.3 is 10.4 Å². The number of halogens is 2. The first-order valence-corrected chi connectivity index (χ1v) is 7.49. The fourth-order valence-corrected chi connectivity index (χ4v) is 2.49. The molecule has 0 aliphatic heterocycles. The number of pyridine rings is 1. The van der Waals surface area contributed by atoms with Crippen LogP contribution in [0.2, 0.25) is 0 Å². The topological polar surface area (TPSA) is 62.2 Å². The summed E-state index contributed by atoms with van der Waals surface area (Å²) in [5.41, 5.74) is 1.50. The van der Waals surface area contributed by atoms with Gasteiger partial charge in [0, 0.05) is 12.4 Å². The fourth-order valence-electron chi connectivity index (χ4n) is 2.49. The lowest BCUT2D eigenvalue weighted by Gasteiger charge is -2.21. The van der Waals surface area contributed by atoms with Crippen molar-refractivity contribution in [3.05, 3.63) is 95.3 Å². The molecule has 2 N–H and O–H groups in total.